The fourth-order valence-electron chi connectivity index (χ4n) is 12.2. The van der Waals surface area contributed by atoms with E-state index in [9.17, 15) is 19.2 Å². The number of likely N-dealkylation sites (tertiary alicyclic amines) is 2. The molecule has 4 N–H and O–H groups in total. The molecule has 5 aliphatic rings. The number of aromatic amines is 2. The van der Waals surface area contributed by atoms with Crippen LogP contribution in [0.5, 0.6) is 5.75 Å². The highest BCUT2D eigenvalue weighted by Crippen LogP contribution is 2.45. The molecule has 0 bridgehead atoms. The molecule has 10 atom stereocenters. The van der Waals surface area contributed by atoms with Gasteiger partial charge in [-0.25, -0.2) is 19.6 Å². The Hall–Kier alpha value is -6.24. The maximum atomic E-state index is 14.6. The Kier molecular flexibility index (Phi) is 13.7. The van der Waals surface area contributed by atoms with Crippen LogP contribution in [0.2, 0.25) is 0 Å². The Bertz CT molecular complexity index is 2800. The highest BCUT2D eigenvalue weighted by molar-refractivity contribution is 6.07. The highest BCUT2D eigenvalue weighted by atomic mass is 16.5. The van der Waals surface area contributed by atoms with E-state index in [4.69, 9.17) is 38.4 Å². The van der Waals surface area contributed by atoms with Crippen molar-refractivity contribution in [2.75, 3.05) is 41.1 Å². The molecule has 5 aromatic rings. The van der Waals surface area contributed by atoms with E-state index in [2.05, 4.69) is 63.9 Å². The van der Waals surface area contributed by atoms with Crippen molar-refractivity contribution in [3.8, 4) is 28.1 Å². The summed E-state index contributed by atoms with van der Waals surface area (Å²) in [5.41, 5.74) is 6.48. The number of rotatable bonds is 11. The molecule has 0 saturated carbocycles. The van der Waals surface area contributed by atoms with Crippen molar-refractivity contribution in [3.63, 3.8) is 0 Å². The van der Waals surface area contributed by atoms with Crippen LogP contribution in [0, 0.1) is 17.8 Å². The second kappa shape index (κ2) is 20.1. The van der Waals surface area contributed by atoms with E-state index in [1.165, 1.54) is 14.2 Å². The van der Waals surface area contributed by atoms with E-state index < -0.39 is 24.3 Å². The summed E-state index contributed by atoms with van der Waals surface area (Å²) in [5, 5.41) is 7.70. The number of hydrogen-bond acceptors (Lipinski definition) is 12. The van der Waals surface area contributed by atoms with E-state index in [1.807, 2.05) is 42.8 Å². The normalized spacial score (nSPS) is 27.1. The fraction of sp³-hybridized carbons (Fsp3) is 0.547. The first kappa shape index (κ1) is 48.4. The third-order valence-electron chi connectivity index (χ3n) is 15.6. The van der Waals surface area contributed by atoms with Gasteiger partial charge in [-0.3, -0.25) is 9.59 Å². The predicted octanol–water partition coefficient (Wildman–Crippen LogP) is 7.72. The molecule has 3 aromatic carbocycles. The van der Waals surface area contributed by atoms with Crippen LogP contribution in [0.25, 0.3) is 44.2 Å². The maximum absolute atomic E-state index is 14.6. The molecule has 0 aliphatic carbocycles. The molecular formula is C53H66N8O10. The number of fused-ring (bicyclic) bond motifs is 6. The number of aromatic nitrogens is 4. The minimum Gasteiger partial charge on any atom is -0.488 e. The Morgan fingerprint density at radius 1 is 0.789 bits per heavy atom. The van der Waals surface area contributed by atoms with Gasteiger partial charge in [-0.15, -0.1) is 0 Å². The van der Waals surface area contributed by atoms with E-state index in [0.717, 1.165) is 68.3 Å². The molecule has 2 aromatic heterocycles. The van der Waals surface area contributed by atoms with Gasteiger partial charge in [0.25, 0.3) is 0 Å². The van der Waals surface area contributed by atoms with Gasteiger partial charge in [0.15, 0.2) is 0 Å². The van der Waals surface area contributed by atoms with Crippen LogP contribution < -0.4 is 15.4 Å². The molecule has 378 valence electrons. The number of carbonyl (C=O) groups is 4. The van der Waals surface area contributed by atoms with Crippen LogP contribution in [-0.4, -0.2) is 131 Å². The number of imidazole rings is 2. The zero-order valence-electron chi connectivity index (χ0n) is 41.6. The van der Waals surface area contributed by atoms with Crippen molar-refractivity contribution in [1.82, 2.24) is 40.4 Å². The third kappa shape index (κ3) is 9.53. The minimum atomic E-state index is -0.786. The van der Waals surface area contributed by atoms with Crippen molar-refractivity contribution in [3.05, 3.63) is 65.9 Å². The van der Waals surface area contributed by atoms with Crippen LogP contribution in [0.1, 0.15) is 102 Å². The summed E-state index contributed by atoms with van der Waals surface area (Å²) >= 11 is 0. The quantitative estimate of drug-likeness (QED) is 0.100. The van der Waals surface area contributed by atoms with Crippen LogP contribution in [0.15, 0.2) is 48.7 Å². The number of carbonyl (C=O) groups excluding carboxylic acids is 4. The number of alkyl carbamates (subject to hydrolysis) is 2. The van der Waals surface area contributed by atoms with Gasteiger partial charge in [0.05, 0.1) is 74.1 Å². The molecule has 4 fully saturated rings. The molecule has 4 saturated heterocycles. The first-order chi connectivity index (χ1) is 34.3. The number of nitrogens with one attached hydrogen (secondary N) is 4. The largest absolute Gasteiger partial charge is 0.488 e. The summed E-state index contributed by atoms with van der Waals surface area (Å²) < 4.78 is 33.8. The molecule has 7 heterocycles. The summed E-state index contributed by atoms with van der Waals surface area (Å²) in [6.07, 6.45) is 5.20. The van der Waals surface area contributed by atoms with E-state index in [-0.39, 0.29) is 66.0 Å². The molecule has 10 rings (SSSR count). The van der Waals surface area contributed by atoms with Gasteiger partial charge in [0.2, 0.25) is 11.8 Å². The van der Waals surface area contributed by atoms with Crippen molar-refractivity contribution in [1.29, 1.82) is 0 Å². The number of methoxy groups -OCH3 is 3. The summed E-state index contributed by atoms with van der Waals surface area (Å²) in [7, 11) is 4.29. The molecule has 0 radical (unpaired) electrons. The second-order valence-electron chi connectivity index (χ2n) is 20.4. The van der Waals surface area contributed by atoms with Gasteiger partial charge in [0.1, 0.15) is 36.1 Å². The highest BCUT2D eigenvalue weighted by Gasteiger charge is 2.46. The first-order valence-corrected chi connectivity index (χ1v) is 25.2. The molecule has 71 heavy (non-hydrogen) atoms. The van der Waals surface area contributed by atoms with E-state index in [0.29, 0.717) is 70.1 Å². The van der Waals surface area contributed by atoms with Crippen LogP contribution in [0.4, 0.5) is 9.59 Å². The monoisotopic (exact) mass is 974 g/mol. The molecule has 18 heteroatoms. The molecule has 18 nitrogen and oxygen atoms in total. The second-order valence-corrected chi connectivity index (χ2v) is 20.4. The number of benzene rings is 3. The van der Waals surface area contributed by atoms with Gasteiger partial charge >= 0.3 is 12.2 Å². The summed E-state index contributed by atoms with van der Waals surface area (Å²) in [6.45, 7) is 9.89. The lowest BCUT2D eigenvalue weighted by Crippen LogP contribution is -2.55. The van der Waals surface area contributed by atoms with Crippen molar-refractivity contribution >= 4 is 45.8 Å². The number of ether oxygens (including phenoxy) is 6. The lowest BCUT2D eigenvalue weighted by Gasteiger charge is -2.38. The van der Waals surface area contributed by atoms with Gasteiger partial charge < -0.3 is 58.8 Å². The minimum absolute atomic E-state index is 0.0174. The smallest absolute Gasteiger partial charge is 0.407 e. The van der Waals surface area contributed by atoms with Crippen molar-refractivity contribution in [2.24, 2.45) is 17.8 Å². The number of H-pyrrole nitrogens is 2. The Balaban J connectivity index is 0.897. The van der Waals surface area contributed by atoms with Crippen LogP contribution >= 0.6 is 0 Å². The Labute approximate surface area is 413 Å². The van der Waals surface area contributed by atoms with Crippen molar-refractivity contribution in [2.45, 2.75) is 128 Å². The van der Waals surface area contributed by atoms with Crippen LogP contribution in [0.3, 0.4) is 0 Å². The molecule has 4 amide bonds. The number of amides is 4. The number of hydrogen-bond donors (Lipinski definition) is 4. The van der Waals surface area contributed by atoms with E-state index in [1.54, 1.807) is 7.11 Å². The molecule has 5 aliphatic heterocycles. The standard InChI is InChI=1S/C53H66N8O10/c1-27-8-13-42(61(27)51(63)45(58-52(64)67-6)34-14-15-69-28(2)16-34)49-55-40-12-10-32-21-39-37-11-9-33(20-36(37)26-70-44(39)22-38(32)47(40)57-49)41-23-54-48(56-41)43-19-31(25-66-5)24-60(43)50(62)46(59-53(65)68-7)35-17-29(3)71-30(4)18-35/h9-12,20-23,27-31,34-35,42-43,45-46H,8,13-19,24-26H2,1-7H3,(H,54,56)(H,55,57)(H,58,64)(H,59,65)/t27-,28+,29+,30+,31-,34?,42-,43-,45-,46-/m0/s1. The SMILES string of the molecule is COC[C@H]1C[C@@H](c2ncc(-c3ccc4c(c3)COc3cc5c(ccc6[nH]c([C@@H]7CC[C@H](C)N7C(=O)[C@@H](NC(=O)OC)C7CCO[C@H](C)C7)nc65)cc3-4)[nH]2)N(C(=O)[C@@H](NC(=O)OC)C2C[C@@H](C)O[C@H](C)C2)C1. The van der Waals surface area contributed by atoms with Gasteiger partial charge in [-0.05, 0) is 131 Å². The van der Waals surface area contributed by atoms with Gasteiger partial charge in [-0.2, -0.15) is 0 Å². The Morgan fingerprint density at radius 3 is 2.27 bits per heavy atom. The van der Waals surface area contributed by atoms with Crippen molar-refractivity contribution < 1.29 is 47.6 Å². The molecular weight excluding hydrogens is 909 g/mol. The predicted molar refractivity (Wildman–Crippen MR) is 263 cm³/mol. The third-order valence-corrected chi connectivity index (χ3v) is 15.6. The molecule has 0 spiro atoms. The lowest BCUT2D eigenvalue weighted by atomic mass is 9.85. The average Bonchev–Trinajstić information content (AvgIpc) is 4.19. The average molecular weight is 975 g/mol. The molecule has 1 unspecified atom stereocenters. The van der Waals surface area contributed by atoms with Gasteiger partial charge in [0, 0.05) is 43.2 Å². The first-order valence-electron chi connectivity index (χ1n) is 25.2. The fourth-order valence-corrected chi connectivity index (χ4v) is 12.2. The van der Waals surface area contributed by atoms with Gasteiger partial charge in [-0.1, -0.05) is 18.2 Å². The topological polar surface area (TPSA) is 212 Å². The lowest BCUT2D eigenvalue weighted by molar-refractivity contribution is -0.139. The van der Waals surface area contributed by atoms with Crippen LogP contribution in [-0.2, 0) is 39.9 Å². The summed E-state index contributed by atoms with van der Waals surface area (Å²) in [5.74, 6) is 1.70. The summed E-state index contributed by atoms with van der Waals surface area (Å²) in [4.78, 5) is 75.3. The summed E-state index contributed by atoms with van der Waals surface area (Å²) in [6, 6.07) is 12.4. The zero-order valence-corrected chi connectivity index (χ0v) is 41.6. The maximum Gasteiger partial charge on any atom is 0.407 e. The van der Waals surface area contributed by atoms with E-state index >= 15 is 0 Å². The zero-order chi connectivity index (χ0) is 49.7. The number of nitrogens with zero attached hydrogens (tertiary/aromatic N) is 4. The Morgan fingerprint density at radius 2 is 1.54 bits per heavy atom.